The maximum atomic E-state index is 5.49. The first-order valence-electron chi connectivity index (χ1n) is 6.16. The molecule has 2 unspecified atom stereocenters. The average molecular weight is 730 g/mol. The quantitative estimate of drug-likeness (QED) is 0.288. The standard InChI is InChI=1S/C10H22N2S4.3HI.V/c11-1-3-13-5-9-7-16-10(8-15-9)6-14-4-2-12;;;;/h9-10H,1-8,11-12H2;3*1H;/q;;;;+3/p-3. The zero-order chi connectivity index (χ0) is 15.2. The molecule has 0 aliphatic carbocycles. The van der Waals surface area contributed by atoms with E-state index in [1.54, 1.807) is 0 Å². The molecule has 1 heterocycles. The van der Waals surface area contributed by atoms with Crippen molar-refractivity contribution >= 4 is 107 Å². The number of halogens is 3. The van der Waals surface area contributed by atoms with E-state index in [1.807, 2.05) is 23.5 Å². The van der Waals surface area contributed by atoms with Gasteiger partial charge in [0.05, 0.1) is 0 Å². The summed E-state index contributed by atoms with van der Waals surface area (Å²) in [5.74, 6) is 7.40. The van der Waals surface area contributed by atoms with Crippen molar-refractivity contribution in [2.45, 2.75) is 10.5 Å². The molecule has 1 aliphatic rings. The fourth-order valence-electron chi connectivity index (χ4n) is 1.37. The number of nitrogens with two attached hydrogens (primary N) is 2. The third kappa shape index (κ3) is 16.9. The van der Waals surface area contributed by atoms with Crippen LogP contribution in [0.4, 0.5) is 0 Å². The first-order valence-corrected chi connectivity index (χ1v) is 24.1. The molecular formula is C10H22I3N2S4V. The molecular weight excluding hydrogens is 708 g/mol. The third-order valence-electron chi connectivity index (χ3n) is 2.17. The maximum absolute atomic E-state index is 5.49. The molecule has 0 aromatic heterocycles. The van der Waals surface area contributed by atoms with Gasteiger partial charge in [-0.1, -0.05) is 0 Å². The first-order chi connectivity index (χ1) is 9.60. The zero-order valence-corrected chi connectivity index (χ0v) is 22.3. The molecule has 0 bridgehead atoms. The van der Waals surface area contributed by atoms with Crippen molar-refractivity contribution in [1.82, 2.24) is 0 Å². The van der Waals surface area contributed by atoms with Gasteiger partial charge in [0.15, 0.2) is 0 Å². The van der Waals surface area contributed by atoms with Crippen LogP contribution in [0.5, 0.6) is 0 Å². The monoisotopic (exact) mass is 730 g/mol. The molecule has 1 fully saturated rings. The van der Waals surface area contributed by atoms with E-state index in [-0.39, 0.29) is 4.92 Å². The summed E-state index contributed by atoms with van der Waals surface area (Å²) in [6.45, 7) is 1.63. The Kier molecular flexibility index (Phi) is 21.6. The van der Waals surface area contributed by atoms with Gasteiger partial charge in [-0.05, 0) is 0 Å². The normalized spacial score (nSPS) is 22.5. The molecule has 0 spiro atoms. The van der Waals surface area contributed by atoms with Crippen LogP contribution in [0.25, 0.3) is 0 Å². The van der Waals surface area contributed by atoms with Crippen LogP contribution in [-0.4, -0.2) is 58.1 Å². The summed E-state index contributed by atoms with van der Waals surface area (Å²) in [6.07, 6.45) is 0. The molecule has 1 aliphatic heterocycles. The van der Waals surface area contributed by atoms with Crippen LogP contribution in [0.1, 0.15) is 0 Å². The number of hydrogen-bond donors (Lipinski definition) is 2. The summed E-state index contributed by atoms with van der Waals surface area (Å²) >= 11 is 15.7. The van der Waals surface area contributed by atoms with E-state index >= 15 is 0 Å². The van der Waals surface area contributed by atoms with Crippen LogP contribution < -0.4 is 11.5 Å². The number of thioether (sulfide) groups is 4. The fraction of sp³-hybridized carbons (Fsp3) is 1.00. The first kappa shape index (κ1) is 24.1. The molecule has 122 valence electrons. The van der Waals surface area contributed by atoms with Crippen LogP contribution in [0.15, 0.2) is 0 Å². The Labute approximate surface area is 178 Å². The second kappa shape index (κ2) is 17.9. The van der Waals surface area contributed by atoms with Crippen molar-refractivity contribution in [2.24, 2.45) is 11.5 Å². The summed E-state index contributed by atoms with van der Waals surface area (Å²) < 4.78 is 0. The van der Waals surface area contributed by atoms with Crippen LogP contribution in [0.3, 0.4) is 0 Å². The average Bonchev–Trinajstić information content (AvgIpc) is 2.40. The Balaban J connectivity index is 0.000000796. The SMILES string of the molecule is NCCSCC1CSC(CSCCN)CS1.[I][V]([I])[I]. The van der Waals surface area contributed by atoms with Crippen molar-refractivity contribution in [3.63, 3.8) is 0 Å². The van der Waals surface area contributed by atoms with Crippen LogP contribution in [0, 0.1) is 0 Å². The second-order valence-electron chi connectivity index (χ2n) is 3.83. The van der Waals surface area contributed by atoms with E-state index in [9.17, 15) is 0 Å². The summed E-state index contributed by atoms with van der Waals surface area (Å²) in [4.78, 5) is -0.278. The summed E-state index contributed by atoms with van der Waals surface area (Å²) in [6, 6.07) is 0. The van der Waals surface area contributed by atoms with Gasteiger partial charge in [-0.15, -0.1) is 0 Å². The van der Waals surface area contributed by atoms with Gasteiger partial charge in [0.1, 0.15) is 0 Å². The summed E-state index contributed by atoms with van der Waals surface area (Å²) in [5.41, 5.74) is 11.0. The predicted octanol–water partition coefficient (Wildman–Crippen LogP) is 4.24. The Hall–Kier alpha value is 4.09. The fourth-order valence-corrected chi connectivity index (χ4v) is 6.90. The molecule has 10 heteroatoms. The van der Waals surface area contributed by atoms with E-state index in [0.29, 0.717) is 0 Å². The van der Waals surface area contributed by atoms with Gasteiger partial charge in [-0.25, -0.2) is 0 Å². The van der Waals surface area contributed by atoms with Crippen molar-refractivity contribution < 1.29 is 4.92 Å². The molecule has 0 aromatic rings. The van der Waals surface area contributed by atoms with Crippen molar-refractivity contribution in [1.29, 1.82) is 0 Å². The summed E-state index contributed by atoms with van der Waals surface area (Å²) in [5, 5.41) is 1.69. The topological polar surface area (TPSA) is 52.0 Å². The third-order valence-corrected chi connectivity index (χ3v) is 8.14. The van der Waals surface area contributed by atoms with E-state index in [0.717, 1.165) is 35.1 Å². The Bertz CT molecular complexity index is 192. The van der Waals surface area contributed by atoms with Gasteiger partial charge in [0.2, 0.25) is 0 Å². The van der Waals surface area contributed by atoms with Crippen molar-refractivity contribution in [2.75, 3.05) is 47.6 Å². The van der Waals surface area contributed by atoms with Gasteiger partial charge >= 0.3 is 64.9 Å². The molecule has 0 amide bonds. The molecule has 0 saturated carbocycles. The molecule has 1 rings (SSSR count). The van der Waals surface area contributed by atoms with E-state index in [4.69, 9.17) is 11.5 Å². The molecule has 4 N–H and O–H groups in total. The minimum absolute atomic E-state index is 0.278. The Morgan fingerprint density at radius 1 is 0.900 bits per heavy atom. The van der Waals surface area contributed by atoms with Crippen molar-refractivity contribution in [3.05, 3.63) is 0 Å². The summed E-state index contributed by atoms with van der Waals surface area (Å²) in [7, 11) is 0. The number of rotatable bonds is 8. The van der Waals surface area contributed by atoms with Gasteiger partial charge < -0.3 is 11.5 Å². The molecule has 2 atom stereocenters. The van der Waals surface area contributed by atoms with E-state index in [2.05, 4.69) is 83.5 Å². The molecule has 20 heavy (non-hydrogen) atoms. The molecule has 0 aromatic carbocycles. The van der Waals surface area contributed by atoms with Crippen LogP contribution >= 0.6 is 107 Å². The molecule has 2 nitrogen and oxygen atoms in total. The van der Waals surface area contributed by atoms with Crippen molar-refractivity contribution in [3.8, 4) is 0 Å². The Morgan fingerprint density at radius 2 is 1.25 bits per heavy atom. The molecule has 0 radical (unpaired) electrons. The van der Waals surface area contributed by atoms with E-state index < -0.39 is 0 Å². The van der Waals surface area contributed by atoms with Crippen LogP contribution in [0.2, 0.25) is 0 Å². The van der Waals surface area contributed by atoms with E-state index in [1.165, 1.54) is 23.0 Å². The second-order valence-corrected chi connectivity index (χ2v) is 44.2. The van der Waals surface area contributed by atoms with Gasteiger partial charge in [0.25, 0.3) is 0 Å². The van der Waals surface area contributed by atoms with Gasteiger partial charge in [0, 0.05) is 58.1 Å². The van der Waals surface area contributed by atoms with Gasteiger partial charge in [-0.2, -0.15) is 47.0 Å². The van der Waals surface area contributed by atoms with Gasteiger partial charge in [-0.3, -0.25) is 0 Å². The predicted molar refractivity (Wildman–Crippen MR) is 127 cm³/mol. The zero-order valence-electron chi connectivity index (χ0n) is 11.2. The molecule has 1 saturated heterocycles. The Morgan fingerprint density at radius 3 is 1.50 bits per heavy atom. The van der Waals surface area contributed by atoms with Crippen LogP contribution in [-0.2, 0) is 4.92 Å². The number of hydrogen-bond acceptors (Lipinski definition) is 6. The minimum atomic E-state index is -0.278.